The van der Waals surface area contributed by atoms with E-state index in [4.69, 9.17) is 15.9 Å². The summed E-state index contributed by atoms with van der Waals surface area (Å²) in [5.74, 6) is 1.47. The van der Waals surface area contributed by atoms with Crippen LogP contribution in [0.3, 0.4) is 0 Å². The van der Waals surface area contributed by atoms with Crippen molar-refractivity contribution < 1.29 is 4.42 Å². The summed E-state index contributed by atoms with van der Waals surface area (Å²) in [4.78, 5) is 8.43. The largest absolute Gasteiger partial charge is 0.458 e. The van der Waals surface area contributed by atoms with E-state index < -0.39 is 0 Å². The monoisotopic (exact) mass is 337 g/mol. The number of hydrogen-bond acceptors (Lipinski definition) is 6. The van der Waals surface area contributed by atoms with Crippen molar-refractivity contribution in [3.63, 3.8) is 0 Å². The molecule has 0 saturated heterocycles. The molecule has 0 saturated carbocycles. The van der Waals surface area contributed by atoms with E-state index in [-0.39, 0.29) is 24.8 Å². The van der Waals surface area contributed by atoms with Gasteiger partial charge in [0.05, 0.1) is 19.4 Å². The molecule has 2 heterocycles. The normalized spacial score (nSPS) is 10.1. The Labute approximate surface area is 133 Å². The van der Waals surface area contributed by atoms with Crippen molar-refractivity contribution in [2.45, 2.75) is 6.54 Å². The van der Waals surface area contributed by atoms with Crippen molar-refractivity contribution in [2.75, 3.05) is 18.4 Å². The van der Waals surface area contributed by atoms with Crippen LogP contribution in [0.25, 0.3) is 11.5 Å². The Morgan fingerprint density at radius 3 is 2.80 bits per heavy atom. The molecule has 0 aliphatic rings. The molecule has 9 heteroatoms. The van der Waals surface area contributed by atoms with Crippen molar-refractivity contribution in [1.82, 2.24) is 4.98 Å². The van der Waals surface area contributed by atoms with Gasteiger partial charge in [0, 0.05) is 11.9 Å². The topological polar surface area (TPSA) is 102 Å². The molecule has 6 nitrogen and oxygen atoms in total. The first-order valence-corrected chi connectivity index (χ1v) is 6.41. The Morgan fingerprint density at radius 2 is 2.15 bits per heavy atom. The van der Waals surface area contributed by atoms with E-state index in [2.05, 4.69) is 15.3 Å². The van der Waals surface area contributed by atoms with Crippen LogP contribution in [0.2, 0.25) is 0 Å². The lowest BCUT2D eigenvalue weighted by Gasteiger charge is -1.93. The van der Waals surface area contributed by atoms with Crippen LogP contribution < -0.4 is 16.8 Å². The van der Waals surface area contributed by atoms with Crippen LogP contribution in [0.15, 0.2) is 26.9 Å². The number of nitrogens with two attached hydrogens (primary N) is 2. The van der Waals surface area contributed by atoms with Crippen LogP contribution in [0.1, 0.15) is 5.76 Å². The molecule has 0 unspecified atom stereocenters. The zero-order valence-corrected chi connectivity index (χ0v) is 13.1. The molecule has 0 radical (unpaired) electrons. The number of nitrogens with zero attached hydrogens (tertiary/aromatic N) is 2. The maximum atomic E-state index is 5.52. The van der Waals surface area contributed by atoms with Crippen LogP contribution in [0.4, 0.5) is 5.13 Å². The molecule has 0 bridgehead atoms. The average molecular weight is 338 g/mol. The molecule has 0 amide bonds. The Morgan fingerprint density at radius 1 is 1.35 bits per heavy atom. The van der Waals surface area contributed by atoms with E-state index in [1.165, 1.54) is 11.3 Å². The van der Waals surface area contributed by atoms with Crippen LogP contribution in [-0.2, 0) is 6.54 Å². The second-order valence-electron chi connectivity index (χ2n) is 3.48. The number of thiazole rings is 1. The van der Waals surface area contributed by atoms with Gasteiger partial charge in [-0.25, -0.2) is 4.98 Å². The molecule has 20 heavy (non-hydrogen) atoms. The summed E-state index contributed by atoms with van der Waals surface area (Å²) >= 11 is 1.48. The van der Waals surface area contributed by atoms with E-state index >= 15 is 0 Å². The minimum atomic E-state index is 0. The summed E-state index contributed by atoms with van der Waals surface area (Å²) in [5, 5.41) is 5.66. The van der Waals surface area contributed by atoms with Crippen LogP contribution >= 0.6 is 36.2 Å². The Bertz CT molecular complexity index is 528. The number of halogens is 2. The summed E-state index contributed by atoms with van der Waals surface area (Å²) in [6, 6.07) is 3.72. The summed E-state index contributed by atoms with van der Waals surface area (Å²) in [7, 11) is 0. The van der Waals surface area contributed by atoms with Gasteiger partial charge in [-0.1, -0.05) is 0 Å². The fourth-order valence-electron chi connectivity index (χ4n) is 1.32. The highest BCUT2D eigenvalue weighted by molar-refractivity contribution is 7.14. The lowest BCUT2D eigenvalue weighted by molar-refractivity contribution is 0.524. The molecule has 0 spiro atoms. The minimum absolute atomic E-state index is 0. The van der Waals surface area contributed by atoms with Crippen molar-refractivity contribution in [3.8, 4) is 11.5 Å². The summed E-state index contributed by atoms with van der Waals surface area (Å²) in [6.07, 6.45) is 1.60. The highest BCUT2D eigenvalue weighted by Crippen LogP contribution is 2.26. The van der Waals surface area contributed by atoms with E-state index in [0.717, 1.165) is 22.3 Å². The van der Waals surface area contributed by atoms with Crippen molar-refractivity contribution in [1.29, 1.82) is 0 Å². The molecule has 2 rings (SSSR count). The van der Waals surface area contributed by atoms with Crippen LogP contribution in [0, 0.1) is 0 Å². The van der Waals surface area contributed by atoms with Gasteiger partial charge in [-0.05, 0) is 12.1 Å². The second kappa shape index (κ2) is 9.73. The number of rotatable bonds is 6. The maximum absolute atomic E-state index is 5.52. The Balaban J connectivity index is 0.00000180. The first-order chi connectivity index (χ1) is 8.83. The number of aliphatic imine (C=N–C) groups is 1. The third-order valence-electron chi connectivity index (χ3n) is 2.16. The van der Waals surface area contributed by atoms with E-state index in [1.54, 1.807) is 6.34 Å². The van der Waals surface area contributed by atoms with E-state index in [1.807, 2.05) is 17.5 Å². The van der Waals surface area contributed by atoms with Crippen LogP contribution in [0.5, 0.6) is 0 Å². The summed E-state index contributed by atoms with van der Waals surface area (Å²) in [5.41, 5.74) is 11.6. The number of hydrogen-bond donors (Lipinski definition) is 3. The molecular formula is C11H17Cl2N5OS. The second-order valence-corrected chi connectivity index (χ2v) is 4.33. The van der Waals surface area contributed by atoms with Gasteiger partial charge in [-0.15, -0.1) is 36.2 Å². The molecule has 0 aromatic carbocycles. The van der Waals surface area contributed by atoms with Gasteiger partial charge in [0.15, 0.2) is 10.9 Å². The molecule has 5 N–H and O–H groups in total. The van der Waals surface area contributed by atoms with Gasteiger partial charge < -0.3 is 21.2 Å². The van der Waals surface area contributed by atoms with Gasteiger partial charge in [0.25, 0.3) is 0 Å². The van der Waals surface area contributed by atoms with Gasteiger partial charge in [0.1, 0.15) is 11.5 Å². The van der Waals surface area contributed by atoms with Gasteiger partial charge in [-0.2, -0.15) is 0 Å². The Hall–Kier alpha value is -1.12. The molecule has 2 aromatic rings. The van der Waals surface area contributed by atoms with Gasteiger partial charge in [-0.3, -0.25) is 4.99 Å². The van der Waals surface area contributed by atoms with Crippen LogP contribution in [-0.4, -0.2) is 24.4 Å². The SMILES string of the molecule is Cl.Cl.NCCN=CNc1nc(-c2ccc(CN)o2)cs1. The Kier molecular flexibility index (Phi) is 9.19. The van der Waals surface area contributed by atoms with E-state index in [0.29, 0.717) is 19.6 Å². The van der Waals surface area contributed by atoms with Crippen molar-refractivity contribution in [3.05, 3.63) is 23.3 Å². The standard InChI is InChI=1S/C11H15N5OS.2ClH/c12-3-4-14-7-15-11-16-9(6-18-11)10-2-1-8(5-13)17-10;;/h1-2,6-7H,3-5,12-13H2,(H,14,15,16);2*1H. The molecule has 0 atom stereocenters. The number of aromatic nitrogens is 1. The third-order valence-corrected chi connectivity index (χ3v) is 2.93. The lowest BCUT2D eigenvalue weighted by Crippen LogP contribution is -2.04. The number of furan rings is 1. The highest BCUT2D eigenvalue weighted by Gasteiger charge is 2.07. The first kappa shape index (κ1) is 18.9. The molecule has 0 aliphatic carbocycles. The quantitative estimate of drug-likeness (QED) is 0.553. The first-order valence-electron chi connectivity index (χ1n) is 5.53. The zero-order valence-electron chi connectivity index (χ0n) is 10.6. The zero-order chi connectivity index (χ0) is 12.8. The average Bonchev–Trinajstić information content (AvgIpc) is 3.03. The predicted molar refractivity (Wildman–Crippen MR) is 88.2 cm³/mol. The molecular weight excluding hydrogens is 321 g/mol. The highest BCUT2D eigenvalue weighted by atomic mass is 35.5. The van der Waals surface area contributed by atoms with E-state index in [9.17, 15) is 0 Å². The number of anilines is 1. The minimum Gasteiger partial charge on any atom is -0.458 e. The summed E-state index contributed by atoms with van der Waals surface area (Å²) in [6.45, 7) is 1.53. The fraction of sp³-hybridized carbons (Fsp3) is 0.273. The predicted octanol–water partition coefficient (Wildman–Crippen LogP) is 2.10. The molecule has 112 valence electrons. The third kappa shape index (κ3) is 5.10. The van der Waals surface area contributed by atoms with Gasteiger partial charge >= 0.3 is 0 Å². The lowest BCUT2D eigenvalue weighted by atomic mass is 10.3. The molecule has 2 aromatic heterocycles. The fourth-order valence-corrected chi connectivity index (χ4v) is 1.98. The smallest absolute Gasteiger partial charge is 0.188 e. The summed E-state index contributed by atoms with van der Waals surface area (Å²) < 4.78 is 5.52. The van der Waals surface area contributed by atoms with Crippen molar-refractivity contribution >= 4 is 47.6 Å². The van der Waals surface area contributed by atoms with Gasteiger partial charge in [0.2, 0.25) is 0 Å². The van der Waals surface area contributed by atoms with Crippen molar-refractivity contribution in [2.24, 2.45) is 16.5 Å². The number of nitrogens with one attached hydrogen (secondary N) is 1. The maximum Gasteiger partial charge on any atom is 0.188 e. The molecule has 0 aliphatic heterocycles. The molecule has 0 fully saturated rings.